The van der Waals surface area contributed by atoms with Crippen LogP contribution in [-0.4, -0.2) is 152 Å². The first-order chi connectivity index (χ1) is 24.1. The van der Waals surface area contributed by atoms with Crippen LogP contribution in [0.2, 0.25) is 0 Å². The molecule has 1 aromatic carbocycles. The molecule has 2 heterocycles. The summed E-state index contributed by atoms with van der Waals surface area (Å²) >= 11 is 0. The van der Waals surface area contributed by atoms with Gasteiger partial charge in [0.15, 0.2) is 0 Å². The van der Waals surface area contributed by atoms with E-state index in [0.717, 1.165) is 31.4 Å². The van der Waals surface area contributed by atoms with Gasteiger partial charge in [-0.1, -0.05) is 30.3 Å². The second kappa shape index (κ2) is 21.6. The highest BCUT2D eigenvalue weighted by atomic mass is 16.5. The quantitative estimate of drug-likeness (QED) is 0.0656. The number of ether oxygens (including phenoxy) is 2. The molecule has 280 valence electrons. The maximum absolute atomic E-state index is 14.1. The van der Waals surface area contributed by atoms with Gasteiger partial charge in [-0.3, -0.25) is 28.9 Å². The van der Waals surface area contributed by atoms with Gasteiger partial charge >= 0.3 is 5.97 Å². The van der Waals surface area contributed by atoms with Crippen LogP contribution in [0.4, 0.5) is 0 Å². The standard InChI is InChI=1S/C35H57N7O8/c1-25(38-34(47)30(39-32(44)20-36)18-27-9-5-4-6-10-27)17-26(2)41(24-43)31(11-7-8-12-37-13-14-50-16-15-49-3)35(48)42-28-19-29(42)22-40(21-28)23-33(45)46/h4-6,9-10,24-26,28-31,37H,7-8,11-23,36H2,1-3H3,(H,38,47)(H,39,44)(H,45,46)/t25-,26?,28?,29?,30?,31?/m0/s1. The average molecular weight is 704 g/mol. The van der Waals surface area contributed by atoms with E-state index in [1.54, 1.807) is 12.0 Å². The molecular weight excluding hydrogens is 646 g/mol. The number of nitrogens with zero attached hydrogens (tertiary/aromatic N) is 3. The summed E-state index contributed by atoms with van der Waals surface area (Å²) in [6.07, 6.45) is 4.17. The van der Waals surface area contributed by atoms with Gasteiger partial charge in [0.25, 0.3) is 0 Å². The molecule has 0 spiro atoms. The third-order valence-electron chi connectivity index (χ3n) is 9.30. The van der Waals surface area contributed by atoms with Gasteiger partial charge in [-0.25, -0.2) is 0 Å². The largest absolute Gasteiger partial charge is 0.480 e. The van der Waals surface area contributed by atoms with Crippen molar-refractivity contribution in [3.05, 3.63) is 35.9 Å². The molecule has 0 aliphatic carbocycles. The fraction of sp³-hybridized carbons (Fsp3) is 0.686. The van der Waals surface area contributed by atoms with Gasteiger partial charge in [-0.15, -0.1) is 0 Å². The summed E-state index contributed by atoms with van der Waals surface area (Å²) in [5.41, 5.74) is 6.39. The number of hydrogen-bond donors (Lipinski definition) is 5. The van der Waals surface area contributed by atoms with Crippen molar-refractivity contribution in [3.8, 4) is 0 Å². The van der Waals surface area contributed by atoms with E-state index in [0.29, 0.717) is 58.7 Å². The number of nitrogens with two attached hydrogens (primary N) is 1. The summed E-state index contributed by atoms with van der Waals surface area (Å²) in [6, 6.07) is 6.87. The minimum absolute atomic E-state index is 0.0634. The lowest BCUT2D eigenvalue weighted by Crippen LogP contribution is -2.72. The monoisotopic (exact) mass is 703 g/mol. The molecule has 3 rings (SSSR count). The molecule has 0 aromatic heterocycles. The number of benzene rings is 1. The number of carbonyl (C=O) groups excluding carboxylic acids is 4. The number of nitrogens with one attached hydrogen (secondary N) is 3. The maximum Gasteiger partial charge on any atom is 0.317 e. The predicted octanol–water partition coefficient (Wildman–Crippen LogP) is -0.424. The van der Waals surface area contributed by atoms with Gasteiger partial charge in [-0.2, -0.15) is 0 Å². The number of likely N-dealkylation sites (tertiary alicyclic amines) is 2. The predicted molar refractivity (Wildman–Crippen MR) is 187 cm³/mol. The third-order valence-corrected chi connectivity index (χ3v) is 9.30. The molecule has 0 saturated carbocycles. The highest BCUT2D eigenvalue weighted by Crippen LogP contribution is 2.34. The van der Waals surface area contributed by atoms with Crippen molar-refractivity contribution >= 4 is 30.1 Å². The number of unbranched alkanes of at least 4 members (excludes halogenated alkanes) is 1. The van der Waals surface area contributed by atoms with Crippen LogP contribution >= 0.6 is 0 Å². The molecule has 2 aliphatic rings. The van der Waals surface area contributed by atoms with Gasteiger partial charge in [0.05, 0.1) is 32.9 Å². The fourth-order valence-electron chi connectivity index (χ4n) is 6.88. The lowest BCUT2D eigenvalue weighted by Gasteiger charge is -2.57. The topological polar surface area (TPSA) is 196 Å². The van der Waals surface area contributed by atoms with Gasteiger partial charge in [0.2, 0.25) is 24.1 Å². The minimum Gasteiger partial charge on any atom is -0.480 e. The summed E-state index contributed by atoms with van der Waals surface area (Å²) in [5, 5.41) is 18.3. The van der Waals surface area contributed by atoms with Crippen LogP contribution in [0.5, 0.6) is 0 Å². The molecule has 1 aromatic rings. The van der Waals surface area contributed by atoms with E-state index in [2.05, 4.69) is 16.0 Å². The normalized spacial score (nSPS) is 19.4. The molecule has 2 fully saturated rings. The number of carboxylic acid groups (broad SMARTS) is 1. The van der Waals surface area contributed by atoms with Crippen LogP contribution in [0.25, 0.3) is 0 Å². The number of aliphatic carboxylic acids is 1. The Morgan fingerprint density at radius 3 is 2.40 bits per heavy atom. The number of rotatable bonds is 25. The van der Waals surface area contributed by atoms with E-state index in [1.807, 2.05) is 54.0 Å². The molecule has 6 atom stereocenters. The first-order valence-corrected chi connectivity index (χ1v) is 17.7. The number of methoxy groups -OCH3 is 1. The molecule has 2 bridgehead atoms. The maximum atomic E-state index is 14.1. The number of carbonyl (C=O) groups is 5. The summed E-state index contributed by atoms with van der Waals surface area (Å²) in [7, 11) is 1.63. The van der Waals surface area contributed by atoms with Crippen LogP contribution < -0.4 is 21.7 Å². The van der Waals surface area contributed by atoms with Crippen LogP contribution in [-0.2, 0) is 39.9 Å². The molecule has 2 saturated heterocycles. The lowest BCUT2D eigenvalue weighted by atomic mass is 9.85. The van der Waals surface area contributed by atoms with E-state index < -0.39 is 30.0 Å². The summed E-state index contributed by atoms with van der Waals surface area (Å²) in [6.45, 7) is 7.45. The Morgan fingerprint density at radius 2 is 1.76 bits per heavy atom. The Bertz CT molecular complexity index is 1210. The molecule has 6 N–H and O–H groups in total. The van der Waals surface area contributed by atoms with E-state index in [-0.39, 0.29) is 49.5 Å². The van der Waals surface area contributed by atoms with Crippen molar-refractivity contribution in [2.45, 2.75) is 88.6 Å². The Morgan fingerprint density at radius 1 is 1.04 bits per heavy atom. The smallest absolute Gasteiger partial charge is 0.317 e. The van der Waals surface area contributed by atoms with Crippen LogP contribution in [0.15, 0.2) is 30.3 Å². The molecule has 5 unspecified atom stereocenters. The molecule has 0 radical (unpaired) electrons. The lowest BCUT2D eigenvalue weighted by molar-refractivity contribution is -0.164. The zero-order valence-electron chi connectivity index (χ0n) is 29.8. The Balaban J connectivity index is 1.63. The molecule has 50 heavy (non-hydrogen) atoms. The molecule has 4 amide bonds. The van der Waals surface area contributed by atoms with Gasteiger partial charge in [0.1, 0.15) is 12.1 Å². The number of carboxylic acids is 1. The van der Waals surface area contributed by atoms with Crippen LogP contribution in [0, 0.1) is 0 Å². The first-order valence-electron chi connectivity index (χ1n) is 17.7. The van der Waals surface area contributed by atoms with Crippen molar-refractivity contribution < 1.29 is 38.6 Å². The van der Waals surface area contributed by atoms with Crippen LogP contribution in [0.1, 0.15) is 51.5 Å². The SMILES string of the molecule is COCCOCCNCCCCC(C(=O)N1C2CC1CN(CC(=O)O)C2)N(C=O)C(C)C[C@H](C)NC(=O)C(Cc1ccccc1)NC(=O)CN. The summed E-state index contributed by atoms with van der Waals surface area (Å²) < 4.78 is 10.5. The van der Waals surface area contributed by atoms with Crippen molar-refractivity contribution in [3.63, 3.8) is 0 Å². The zero-order chi connectivity index (χ0) is 36.5. The number of piperazine rings is 1. The van der Waals surface area contributed by atoms with Crippen molar-refractivity contribution in [2.24, 2.45) is 5.73 Å². The van der Waals surface area contributed by atoms with E-state index in [4.69, 9.17) is 15.2 Å². The van der Waals surface area contributed by atoms with E-state index >= 15 is 0 Å². The molecular formula is C35H57N7O8. The van der Waals surface area contributed by atoms with Gasteiger partial charge < -0.3 is 46.1 Å². The third kappa shape index (κ3) is 12.9. The molecule has 15 nitrogen and oxygen atoms in total. The molecule has 2 aliphatic heterocycles. The van der Waals surface area contributed by atoms with Gasteiger partial charge in [-0.05, 0) is 58.1 Å². The zero-order valence-corrected chi connectivity index (χ0v) is 29.8. The van der Waals surface area contributed by atoms with Crippen molar-refractivity contribution in [1.82, 2.24) is 30.7 Å². The Hall–Kier alpha value is -3.63. The number of hydrogen-bond acceptors (Lipinski definition) is 10. The van der Waals surface area contributed by atoms with Crippen LogP contribution in [0.3, 0.4) is 0 Å². The number of fused-ring (bicyclic) bond motifs is 2. The number of piperidine rings is 1. The number of amides is 4. The second-order valence-corrected chi connectivity index (χ2v) is 13.3. The average Bonchev–Trinajstić information content (AvgIpc) is 3.08. The molecule has 15 heteroatoms. The first kappa shape index (κ1) is 40.8. The Labute approximate surface area is 295 Å². The summed E-state index contributed by atoms with van der Waals surface area (Å²) in [4.78, 5) is 68.9. The van der Waals surface area contributed by atoms with Crippen molar-refractivity contribution in [1.29, 1.82) is 0 Å². The highest BCUT2D eigenvalue weighted by molar-refractivity contribution is 5.88. The van der Waals surface area contributed by atoms with Crippen molar-refractivity contribution in [2.75, 3.05) is 66.2 Å². The van der Waals surface area contributed by atoms with Gasteiger partial charge in [0, 0.05) is 57.3 Å². The summed E-state index contributed by atoms with van der Waals surface area (Å²) in [5.74, 6) is -1.82. The van der Waals surface area contributed by atoms with E-state index in [1.165, 1.54) is 0 Å². The second-order valence-electron chi connectivity index (χ2n) is 13.3. The Kier molecular flexibility index (Phi) is 17.6. The highest BCUT2D eigenvalue weighted by Gasteiger charge is 2.49. The minimum atomic E-state index is -0.896. The van der Waals surface area contributed by atoms with E-state index in [9.17, 15) is 29.1 Å². The fourth-order valence-corrected chi connectivity index (χ4v) is 6.88.